The lowest BCUT2D eigenvalue weighted by atomic mass is 10.0. The molecule has 0 fully saturated rings. The van der Waals surface area contributed by atoms with Crippen LogP contribution in [0.4, 0.5) is 19.0 Å². The van der Waals surface area contributed by atoms with Gasteiger partial charge in [-0.1, -0.05) is 6.92 Å². The molecule has 188 valence electrons. The van der Waals surface area contributed by atoms with Crippen LogP contribution in [0.1, 0.15) is 34.8 Å². The molecule has 0 aliphatic rings. The van der Waals surface area contributed by atoms with Gasteiger partial charge in [0.25, 0.3) is 10.0 Å². The molecule has 0 bridgehead atoms. The zero-order valence-corrected chi connectivity index (χ0v) is 21.0. The third-order valence-corrected chi connectivity index (χ3v) is 7.80. The number of sulfonamides is 1. The normalized spacial score (nSPS) is 11.9. The summed E-state index contributed by atoms with van der Waals surface area (Å²) in [6.07, 6.45) is -4.31. The average molecular weight is 529 g/mol. The van der Waals surface area contributed by atoms with Crippen LogP contribution in [0.3, 0.4) is 0 Å². The van der Waals surface area contributed by atoms with Crippen molar-refractivity contribution in [1.82, 2.24) is 4.98 Å². The topological polar surface area (TPSA) is 85.8 Å². The highest BCUT2D eigenvalue weighted by atomic mass is 32.2. The fourth-order valence-corrected chi connectivity index (χ4v) is 5.79. The summed E-state index contributed by atoms with van der Waals surface area (Å²) in [4.78, 5) is 16.5. The van der Waals surface area contributed by atoms with Crippen LogP contribution in [0.5, 0.6) is 5.75 Å². The third-order valence-electron chi connectivity index (χ3n) is 5.14. The maximum atomic E-state index is 13.6. The molecule has 0 aliphatic carbocycles. The van der Waals surface area contributed by atoms with Gasteiger partial charge in [0.05, 0.1) is 17.6 Å². The molecule has 0 spiro atoms. The zero-order valence-electron chi connectivity index (χ0n) is 19.3. The maximum absolute atomic E-state index is 13.6. The number of rotatable bonds is 8. The summed E-state index contributed by atoms with van der Waals surface area (Å²) in [6.45, 7) is 5.36. The van der Waals surface area contributed by atoms with E-state index < -0.39 is 22.4 Å². The maximum Gasteiger partial charge on any atom is 0.573 e. The smallest absolute Gasteiger partial charge is 0.465 e. The summed E-state index contributed by atoms with van der Waals surface area (Å²) in [6, 6.07) is 7.93. The van der Waals surface area contributed by atoms with Gasteiger partial charge >= 0.3 is 12.3 Å². The van der Waals surface area contributed by atoms with Gasteiger partial charge in [-0.25, -0.2) is 22.5 Å². The van der Waals surface area contributed by atoms with E-state index in [1.54, 1.807) is 19.2 Å². The van der Waals surface area contributed by atoms with E-state index in [9.17, 15) is 26.4 Å². The molecule has 3 aromatic rings. The zero-order chi connectivity index (χ0) is 26.0. The van der Waals surface area contributed by atoms with Crippen LogP contribution in [-0.4, -0.2) is 39.4 Å². The van der Waals surface area contributed by atoms with Gasteiger partial charge in [-0.3, -0.25) is 0 Å². The standard InChI is InChI=1S/C23H23F3N2O5S2/c1-5-10-28(35(30,31)18-11-14(2)15(3)19(12-18)22(29)32-4)20-13-34-21(27-20)16-6-8-17(9-7-16)33-23(24,25)26/h6-9,11-13H,5,10H2,1-4H3. The molecule has 3 rings (SSSR count). The summed E-state index contributed by atoms with van der Waals surface area (Å²) in [5, 5.41) is 1.98. The van der Waals surface area contributed by atoms with E-state index in [0.29, 0.717) is 28.1 Å². The van der Waals surface area contributed by atoms with E-state index in [2.05, 4.69) is 9.72 Å². The van der Waals surface area contributed by atoms with Crippen molar-refractivity contribution in [1.29, 1.82) is 0 Å². The number of halogens is 3. The van der Waals surface area contributed by atoms with E-state index in [-0.39, 0.29) is 28.6 Å². The minimum Gasteiger partial charge on any atom is -0.465 e. The fraction of sp³-hybridized carbons (Fsp3) is 0.304. The number of anilines is 1. The van der Waals surface area contributed by atoms with Crippen LogP contribution in [0, 0.1) is 13.8 Å². The van der Waals surface area contributed by atoms with Crippen molar-refractivity contribution in [3.05, 3.63) is 58.5 Å². The number of aromatic nitrogens is 1. The number of ether oxygens (including phenoxy) is 2. The lowest BCUT2D eigenvalue weighted by molar-refractivity contribution is -0.274. The van der Waals surface area contributed by atoms with Gasteiger partial charge in [0.15, 0.2) is 5.82 Å². The predicted octanol–water partition coefficient (Wildman–Crippen LogP) is 5.72. The van der Waals surface area contributed by atoms with E-state index >= 15 is 0 Å². The summed E-state index contributed by atoms with van der Waals surface area (Å²) in [5.41, 5.74) is 1.89. The Morgan fingerprint density at radius 2 is 1.80 bits per heavy atom. The van der Waals surface area contributed by atoms with Crippen molar-refractivity contribution < 1.29 is 35.9 Å². The average Bonchev–Trinajstić information content (AvgIpc) is 3.27. The Hall–Kier alpha value is -3.12. The summed E-state index contributed by atoms with van der Waals surface area (Å²) in [5.74, 6) is -0.844. The first-order valence-corrected chi connectivity index (χ1v) is 12.7. The Kier molecular flexibility index (Phi) is 7.75. The molecule has 35 heavy (non-hydrogen) atoms. The Balaban J connectivity index is 1.98. The van der Waals surface area contributed by atoms with Crippen LogP contribution < -0.4 is 9.04 Å². The van der Waals surface area contributed by atoms with Crippen molar-refractivity contribution in [3.63, 3.8) is 0 Å². The molecule has 0 amide bonds. The highest BCUT2D eigenvalue weighted by molar-refractivity contribution is 7.92. The van der Waals surface area contributed by atoms with Gasteiger partial charge in [-0.05, 0) is 67.8 Å². The van der Waals surface area contributed by atoms with Crippen LogP contribution in [0.2, 0.25) is 0 Å². The Labute approximate surface area is 205 Å². The van der Waals surface area contributed by atoms with Crippen molar-refractivity contribution in [2.45, 2.75) is 38.4 Å². The minimum atomic E-state index is -4.80. The monoisotopic (exact) mass is 528 g/mol. The second kappa shape index (κ2) is 10.2. The van der Waals surface area contributed by atoms with Crippen LogP contribution in [0.15, 0.2) is 46.7 Å². The first-order chi connectivity index (χ1) is 16.4. The second-order valence-electron chi connectivity index (χ2n) is 7.56. The Morgan fingerprint density at radius 3 is 2.37 bits per heavy atom. The SMILES string of the molecule is CCCN(c1csc(-c2ccc(OC(F)(F)F)cc2)n1)S(=O)(=O)c1cc(C)c(C)c(C(=O)OC)c1. The van der Waals surface area contributed by atoms with Crippen molar-refractivity contribution in [2.24, 2.45) is 0 Å². The molecule has 7 nitrogen and oxygen atoms in total. The van der Waals surface area contributed by atoms with Crippen molar-refractivity contribution in [2.75, 3.05) is 18.0 Å². The summed E-state index contributed by atoms with van der Waals surface area (Å²) < 4.78 is 74.2. The lowest BCUT2D eigenvalue weighted by Gasteiger charge is -2.22. The number of hydrogen-bond donors (Lipinski definition) is 0. The molecule has 2 aromatic carbocycles. The molecule has 0 unspecified atom stereocenters. The van der Waals surface area contributed by atoms with Gasteiger partial charge < -0.3 is 9.47 Å². The summed E-state index contributed by atoms with van der Waals surface area (Å²) >= 11 is 1.15. The van der Waals surface area contributed by atoms with Crippen molar-refractivity contribution >= 4 is 33.1 Å². The molecule has 0 N–H and O–H groups in total. The highest BCUT2D eigenvalue weighted by Crippen LogP contribution is 2.33. The number of carbonyl (C=O) groups excluding carboxylic acids is 1. The van der Waals surface area contributed by atoms with Gasteiger partial charge in [-0.2, -0.15) is 0 Å². The molecule has 0 saturated carbocycles. The number of carbonyl (C=O) groups is 1. The molecular weight excluding hydrogens is 505 g/mol. The van der Waals surface area contributed by atoms with E-state index in [0.717, 1.165) is 27.8 Å². The number of alkyl halides is 3. The number of aryl methyl sites for hydroxylation is 1. The van der Waals surface area contributed by atoms with E-state index in [4.69, 9.17) is 4.74 Å². The van der Waals surface area contributed by atoms with E-state index in [1.807, 2.05) is 6.92 Å². The molecular formula is C23H23F3N2O5S2. The van der Waals surface area contributed by atoms with Gasteiger partial charge in [0, 0.05) is 17.5 Å². The summed E-state index contributed by atoms with van der Waals surface area (Å²) in [7, 11) is -2.87. The van der Waals surface area contributed by atoms with Gasteiger partial charge in [0.1, 0.15) is 10.8 Å². The molecule has 12 heteroatoms. The van der Waals surface area contributed by atoms with Gasteiger partial charge in [-0.15, -0.1) is 24.5 Å². The molecule has 0 aliphatic heterocycles. The van der Waals surface area contributed by atoms with Crippen LogP contribution >= 0.6 is 11.3 Å². The molecule has 0 saturated heterocycles. The molecule has 0 atom stereocenters. The molecule has 1 heterocycles. The predicted molar refractivity (Wildman–Crippen MR) is 126 cm³/mol. The third kappa shape index (κ3) is 5.93. The van der Waals surface area contributed by atoms with Crippen LogP contribution in [0.25, 0.3) is 10.6 Å². The number of nitrogens with zero attached hydrogens (tertiary/aromatic N) is 2. The number of benzene rings is 2. The minimum absolute atomic E-state index is 0.0716. The largest absolute Gasteiger partial charge is 0.573 e. The number of hydrogen-bond acceptors (Lipinski definition) is 7. The molecule has 1 aromatic heterocycles. The van der Waals surface area contributed by atoms with Crippen molar-refractivity contribution in [3.8, 4) is 16.3 Å². The fourth-order valence-electron chi connectivity index (χ4n) is 3.30. The highest BCUT2D eigenvalue weighted by Gasteiger charge is 2.31. The first-order valence-electron chi connectivity index (χ1n) is 10.4. The first kappa shape index (κ1) is 26.5. The Bertz CT molecular complexity index is 1320. The van der Waals surface area contributed by atoms with Crippen LogP contribution in [-0.2, 0) is 14.8 Å². The lowest BCUT2D eigenvalue weighted by Crippen LogP contribution is -2.32. The quantitative estimate of drug-likeness (QED) is 0.348. The number of esters is 1. The van der Waals surface area contributed by atoms with E-state index in [1.165, 1.54) is 31.4 Å². The van der Waals surface area contributed by atoms with Gasteiger partial charge in [0.2, 0.25) is 0 Å². The Morgan fingerprint density at radius 1 is 1.14 bits per heavy atom. The number of thiazole rings is 1. The second-order valence-corrected chi connectivity index (χ2v) is 10.3. The number of methoxy groups -OCH3 is 1. The molecule has 0 radical (unpaired) electrons.